The van der Waals surface area contributed by atoms with E-state index in [1.807, 2.05) is 6.07 Å². The summed E-state index contributed by atoms with van der Waals surface area (Å²) in [6.07, 6.45) is -3.97. The Morgan fingerprint density at radius 2 is 1.86 bits per heavy atom. The van der Waals surface area contributed by atoms with Crippen LogP contribution in [0.25, 0.3) is 0 Å². The molecule has 2 aromatic rings. The van der Waals surface area contributed by atoms with E-state index in [2.05, 4.69) is 10.1 Å². The van der Waals surface area contributed by atoms with Crippen LogP contribution in [0.5, 0.6) is 5.75 Å². The highest BCUT2D eigenvalue weighted by Gasteiger charge is 2.37. The first-order chi connectivity index (χ1) is 13.3. The van der Waals surface area contributed by atoms with Crippen LogP contribution >= 0.6 is 0 Å². The van der Waals surface area contributed by atoms with Gasteiger partial charge in [0.1, 0.15) is 0 Å². The summed E-state index contributed by atoms with van der Waals surface area (Å²) in [5.74, 6) is -0.315. The van der Waals surface area contributed by atoms with Gasteiger partial charge in [-0.05, 0) is 30.5 Å². The molecule has 2 bridgehead atoms. The number of carbonyl (C=O) groups excluding carboxylic acids is 1. The maximum atomic E-state index is 12.7. The van der Waals surface area contributed by atoms with Crippen LogP contribution in [0.2, 0.25) is 0 Å². The number of halogens is 3. The van der Waals surface area contributed by atoms with Crippen molar-refractivity contribution >= 4 is 11.7 Å². The highest BCUT2D eigenvalue weighted by molar-refractivity contribution is 5.91. The minimum absolute atomic E-state index is 0.0221. The fraction of sp³-hybridized carbons (Fsp3) is 0.368. The zero-order chi connectivity index (χ0) is 19.9. The molecule has 0 saturated carbocycles. The third-order valence-corrected chi connectivity index (χ3v) is 5.12. The molecule has 1 N–H and O–H groups in total. The van der Waals surface area contributed by atoms with Crippen LogP contribution in [0.15, 0.2) is 47.3 Å². The predicted molar refractivity (Wildman–Crippen MR) is 95.3 cm³/mol. The quantitative estimate of drug-likeness (QED) is 0.851. The van der Waals surface area contributed by atoms with Crippen molar-refractivity contribution in [3.63, 3.8) is 0 Å². The molecular weight excluding hydrogens is 375 g/mol. The number of amides is 2. The molecule has 2 aliphatic rings. The molecule has 1 saturated heterocycles. The van der Waals surface area contributed by atoms with Gasteiger partial charge in [0, 0.05) is 37.3 Å². The predicted octanol–water partition coefficient (Wildman–Crippen LogP) is 3.40. The van der Waals surface area contributed by atoms with Gasteiger partial charge in [-0.1, -0.05) is 18.2 Å². The van der Waals surface area contributed by atoms with Gasteiger partial charge in [-0.3, -0.25) is 4.79 Å². The molecule has 148 valence electrons. The van der Waals surface area contributed by atoms with Gasteiger partial charge in [-0.25, -0.2) is 4.79 Å². The number of likely N-dealkylation sites (tertiary alicyclic amines) is 1. The number of rotatable bonds is 2. The summed E-state index contributed by atoms with van der Waals surface area (Å²) in [4.78, 5) is 26.4. The number of fused-ring (bicyclic) bond motifs is 4. The first kappa shape index (κ1) is 18.4. The van der Waals surface area contributed by atoms with Crippen LogP contribution < -0.4 is 15.6 Å². The Morgan fingerprint density at radius 3 is 2.64 bits per heavy atom. The molecule has 1 aromatic heterocycles. The van der Waals surface area contributed by atoms with E-state index in [1.54, 1.807) is 15.5 Å². The molecule has 0 spiro atoms. The highest BCUT2D eigenvalue weighted by Crippen LogP contribution is 2.36. The van der Waals surface area contributed by atoms with Gasteiger partial charge < -0.3 is 19.5 Å². The SMILES string of the molecule is O=C(Nc1ccccc1OC(F)(F)F)N1C[C@H]2C[C@@H](C1)c1cccc(=O)n1C2. The fourth-order valence-electron chi connectivity index (χ4n) is 4.04. The Bertz CT molecular complexity index is 957. The number of anilines is 1. The van der Waals surface area contributed by atoms with Crippen LogP contribution in [0.4, 0.5) is 23.7 Å². The van der Waals surface area contributed by atoms with E-state index in [9.17, 15) is 22.8 Å². The number of hydrogen-bond acceptors (Lipinski definition) is 3. The number of para-hydroxylation sites is 2. The number of urea groups is 1. The van der Waals surface area contributed by atoms with Crippen molar-refractivity contribution in [2.75, 3.05) is 18.4 Å². The molecule has 0 radical (unpaired) electrons. The lowest BCUT2D eigenvalue weighted by atomic mass is 9.83. The summed E-state index contributed by atoms with van der Waals surface area (Å²) in [6, 6.07) is 10.1. The number of pyridine rings is 1. The smallest absolute Gasteiger partial charge is 0.404 e. The normalized spacial score (nSPS) is 21.0. The van der Waals surface area contributed by atoms with Gasteiger partial charge in [-0.2, -0.15) is 0 Å². The van der Waals surface area contributed by atoms with Crippen molar-refractivity contribution in [2.24, 2.45) is 5.92 Å². The number of ether oxygens (including phenoxy) is 1. The number of carbonyl (C=O) groups is 1. The van der Waals surface area contributed by atoms with Crippen LogP contribution in [-0.4, -0.2) is 34.9 Å². The minimum Gasteiger partial charge on any atom is -0.404 e. The van der Waals surface area contributed by atoms with Gasteiger partial charge in [0.2, 0.25) is 0 Å². The molecule has 3 heterocycles. The van der Waals surface area contributed by atoms with Gasteiger partial charge in [-0.15, -0.1) is 13.2 Å². The van der Waals surface area contributed by atoms with Crippen LogP contribution in [0.3, 0.4) is 0 Å². The fourth-order valence-corrected chi connectivity index (χ4v) is 4.04. The van der Waals surface area contributed by atoms with Crippen molar-refractivity contribution in [3.8, 4) is 5.75 Å². The second-order valence-corrected chi connectivity index (χ2v) is 7.08. The van der Waals surface area contributed by atoms with Crippen LogP contribution in [0, 0.1) is 5.92 Å². The molecule has 2 amide bonds. The molecule has 0 unspecified atom stereocenters. The van der Waals surface area contributed by atoms with E-state index in [0.717, 1.165) is 18.2 Å². The summed E-state index contributed by atoms with van der Waals surface area (Å²) in [6.45, 7) is 1.36. The number of alkyl halides is 3. The zero-order valence-corrected chi connectivity index (χ0v) is 14.8. The average Bonchev–Trinajstić information content (AvgIpc) is 2.63. The Kier molecular flexibility index (Phi) is 4.52. The van der Waals surface area contributed by atoms with E-state index in [4.69, 9.17) is 0 Å². The Hall–Kier alpha value is -2.97. The van der Waals surface area contributed by atoms with Crippen molar-refractivity contribution in [1.29, 1.82) is 0 Å². The first-order valence-corrected chi connectivity index (χ1v) is 8.90. The van der Waals surface area contributed by atoms with E-state index >= 15 is 0 Å². The maximum Gasteiger partial charge on any atom is 0.573 e. The van der Waals surface area contributed by atoms with E-state index in [1.165, 1.54) is 24.3 Å². The van der Waals surface area contributed by atoms with Crippen molar-refractivity contribution in [2.45, 2.75) is 25.2 Å². The van der Waals surface area contributed by atoms with Crippen molar-refractivity contribution < 1.29 is 22.7 Å². The number of nitrogens with zero attached hydrogens (tertiary/aromatic N) is 2. The molecule has 2 atom stereocenters. The number of nitrogens with one attached hydrogen (secondary N) is 1. The third-order valence-electron chi connectivity index (χ3n) is 5.12. The number of benzene rings is 1. The first-order valence-electron chi connectivity index (χ1n) is 8.90. The molecule has 4 rings (SSSR count). The topological polar surface area (TPSA) is 63.6 Å². The lowest BCUT2D eigenvalue weighted by Gasteiger charge is -2.42. The molecule has 9 heteroatoms. The summed E-state index contributed by atoms with van der Waals surface area (Å²) in [5, 5.41) is 2.52. The Balaban J connectivity index is 1.51. The van der Waals surface area contributed by atoms with Gasteiger partial charge in [0.05, 0.1) is 5.69 Å². The molecule has 0 aliphatic carbocycles. The Morgan fingerprint density at radius 1 is 1.07 bits per heavy atom. The lowest BCUT2D eigenvalue weighted by Crippen LogP contribution is -2.50. The van der Waals surface area contributed by atoms with Crippen molar-refractivity contribution in [1.82, 2.24) is 9.47 Å². The molecule has 1 fully saturated rings. The molecule has 2 aliphatic heterocycles. The lowest BCUT2D eigenvalue weighted by molar-refractivity contribution is -0.274. The third kappa shape index (κ3) is 3.69. The number of aromatic nitrogens is 1. The summed E-state index contributed by atoms with van der Waals surface area (Å²) in [5.41, 5.74) is 0.794. The van der Waals surface area contributed by atoms with Gasteiger partial charge >= 0.3 is 12.4 Å². The maximum absolute atomic E-state index is 12.7. The molecule has 28 heavy (non-hydrogen) atoms. The monoisotopic (exact) mass is 393 g/mol. The van der Waals surface area contributed by atoms with Gasteiger partial charge in [0.25, 0.3) is 5.56 Å². The average molecular weight is 393 g/mol. The molecule has 1 aromatic carbocycles. The second-order valence-electron chi connectivity index (χ2n) is 7.08. The van der Waals surface area contributed by atoms with E-state index in [0.29, 0.717) is 19.6 Å². The summed E-state index contributed by atoms with van der Waals surface area (Å²) in [7, 11) is 0. The number of hydrogen-bond donors (Lipinski definition) is 1. The van der Waals surface area contributed by atoms with Crippen molar-refractivity contribution in [3.05, 3.63) is 58.5 Å². The highest BCUT2D eigenvalue weighted by atomic mass is 19.4. The zero-order valence-electron chi connectivity index (χ0n) is 14.8. The largest absolute Gasteiger partial charge is 0.573 e. The second kappa shape index (κ2) is 6.88. The minimum atomic E-state index is -4.85. The molecular formula is C19H18F3N3O3. The van der Waals surface area contributed by atoms with Gasteiger partial charge in [0.15, 0.2) is 5.75 Å². The van der Waals surface area contributed by atoms with Crippen LogP contribution in [-0.2, 0) is 6.54 Å². The molecule has 6 nitrogen and oxygen atoms in total. The van der Waals surface area contributed by atoms with E-state index in [-0.39, 0.29) is 23.1 Å². The van der Waals surface area contributed by atoms with Crippen LogP contribution in [0.1, 0.15) is 18.0 Å². The standard InChI is InChI=1S/C19H18F3N3O3/c20-19(21,22)28-16-6-2-1-4-14(16)23-18(27)24-9-12-8-13(11-24)15-5-3-7-17(26)25(15)10-12/h1-7,12-13H,8-11H2,(H,23,27)/t12-,13+/m1/s1. The number of piperidine rings is 1. The van der Waals surface area contributed by atoms with E-state index < -0.39 is 18.1 Å². The summed E-state index contributed by atoms with van der Waals surface area (Å²) < 4.78 is 43.4. The summed E-state index contributed by atoms with van der Waals surface area (Å²) >= 11 is 0. The Labute approximate surface area is 158 Å².